The van der Waals surface area contributed by atoms with E-state index >= 15 is 0 Å². The van der Waals surface area contributed by atoms with Gasteiger partial charge in [0.25, 0.3) is 5.91 Å². The van der Waals surface area contributed by atoms with Crippen LogP contribution >= 0.6 is 0 Å². The average Bonchev–Trinajstić information content (AvgIpc) is 3.15. The van der Waals surface area contributed by atoms with Gasteiger partial charge >= 0.3 is 0 Å². The molecule has 1 fully saturated rings. The highest BCUT2D eigenvalue weighted by Crippen LogP contribution is 2.21. The van der Waals surface area contributed by atoms with Crippen molar-refractivity contribution in [2.45, 2.75) is 45.7 Å². The number of hydrogen-bond acceptors (Lipinski definition) is 6. The Balaban J connectivity index is 1.67. The van der Waals surface area contributed by atoms with Crippen molar-refractivity contribution in [3.05, 3.63) is 29.2 Å². The molecule has 8 nitrogen and oxygen atoms in total. The van der Waals surface area contributed by atoms with Crippen LogP contribution in [-0.2, 0) is 0 Å². The molecule has 0 aliphatic carbocycles. The summed E-state index contributed by atoms with van der Waals surface area (Å²) in [6, 6.07) is 0.0508. The molecule has 0 aromatic carbocycles. The summed E-state index contributed by atoms with van der Waals surface area (Å²) in [6.45, 7) is 7.48. The minimum absolute atomic E-state index is 0.189. The van der Waals surface area contributed by atoms with Crippen LogP contribution in [0.4, 0.5) is 0 Å². The smallest absolute Gasteiger partial charge is 0.291 e. The third kappa shape index (κ3) is 3.26. The van der Waals surface area contributed by atoms with Gasteiger partial charge in [-0.15, -0.1) is 5.10 Å². The van der Waals surface area contributed by atoms with Gasteiger partial charge < -0.3 is 15.2 Å². The number of rotatable bonds is 4. The minimum atomic E-state index is -0.292. The summed E-state index contributed by atoms with van der Waals surface area (Å²) in [5.41, 5.74) is 1.68. The van der Waals surface area contributed by atoms with E-state index in [9.17, 15) is 4.79 Å². The number of carbonyl (C=O) groups excluding carboxylic acids is 1. The van der Waals surface area contributed by atoms with E-state index in [0.717, 1.165) is 37.2 Å². The van der Waals surface area contributed by atoms with Gasteiger partial charge in [-0.25, -0.2) is 9.67 Å². The normalized spacial score (nSPS) is 19.5. The zero-order valence-corrected chi connectivity index (χ0v) is 13.7. The summed E-state index contributed by atoms with van der Waals surface area (Å²) in [5, 5.41) is 14.5. The van der Waals surface area contributed by atoms with Gasteiger partial charge in [-0.3, -0.25) is 4.79 Å². The molecule has 1 aliphatic rings. The lowest BCUT2D eigenvalue weighted by Crippen LogP contribution is -2.32. The number of nitrogens with zero attached hydrogens (tertiary/aromatic N) is 4. The lowest BCUT2D eigenvalue weighted by molar-refractivity contribution is 0.0928. The summed E-state index contributed by atoms with van der Waals surface area (Å²) in [5.74, 6) is 0.608. The molecule has 1 amide bonds. The Morgan fingerprint density at radius 2 is 2.35 bits per heavy atom. The van der Waals surface area contributed by atoms with Crippen molar-refractivity contribution >= 4 is 5.91 Å². The number of aryl methyl sites for hydroxylation is 2. The molecule has 0 radical (unpaired) electrons. The molecule has 124 valence electrons. The third-order valence-electron chi connectivity index (χ3n) is 4.23. The predicted octanol–water partition coefficient (Wildman–Crippen LogP) is 1.30. The van der Waals surface area contributed by atoms with Gasteiger partial charge in [0.1, 0.15) is 12.1 Å². The molecule has 0 spiro atoms. The first kappa shape index (κ1) is 15.7. The van der Waals surface area contributed by atoms with Gasteiger partial charge in [-0.2, -0.15) is 0 Å². The maximum atomic E-state index is 12.4. The van der Waals surface area contributed by atoms with Crippen molar-refractivity contribution in [2.75, 3.05) is 13.1 Å². The van der Waals surface area contributed by atoms with Crippen LogP contribution in [0.1, 0.15) is 59.5 Å². The van der Waals surface area contributed by atoms with Crippen LogP contribution < -0.4 is 10.6 Å². The first-order valence-corrected chi connectivity index (χ1v) is 7.91. The number of carbonyl (C=O) groups is 1. The maximum Gasteiger partial charge on any atom is 0.291 e. The van der Waals surface area contributed by atoms with Crippen molar-refractivity contribution in [1.82, 2.24) is 30.6 Å². The SMILES string of the molecule is Cc1noc(C)c1C(C)NC(=O)c1ncn(C2CCCNC2)n1. The summed E-state index contributed by atoms with van der Waals surface area (Å²) in [6.07, 6.45) is 3.79. The summed E-state index contributed by atoms with van der Waals surface area (Å²) < 4.78 is 6.92. The Bertz CT molecular complexity index is 666. The lowest BCUT2D eigenvalue weighted by Gasteiger charge is -2.22. The van der Waals surface area contributed by atoms with Gasteiger partial charge in [0, 0.05) is 12.1 Å². The molecule has 3 heterocycles. The van der Waals surface area contributed by atoms with E-state index in [-0.39, 0.29) is 23.8 Å². The largest absolute Gasteiger partial charge is 0.361 e. The molecule has 2 aromatic heterocycles. The first-order valence-electron chi connectivity index (χ1n) is 7.91. The van der Waals surface area contributed by atoms with E-state index in [2.05, 4.69) is 25.9 Å². The molecule has 2 aromatic rings. The standard InChI is InChI=1S/C15H22N6O2/c1-9(13-10(2)20-23-11(13)3)18-15(22)14-17-8-21(19-14)12-5-4-6-16-7-12/h8-9,12,16H,4-7H2,1-3H3,(H,18,22). The Kier molecular flexibility index (Phi) is 4.42. The van der Waals surface area contributed by atoms with Crippen LogP contribution in [0.25, 0.3) is 0 Å². The number of hydrogen-bond donors (Lipinski definition) is 2. The quantitative estimate of drug-likeness (QED) is 0.882. The Morgan fingerprint density at radius 1 is 1.52 bits per heavy atom. The van der Waals surface area contributed by atoms with Crippen molar-refractivity contribution in [3.63, 3.8) is 0 Å². The van der Waals surface area contributed by atoms with Crippen molar-refractivity contribution in [2.24, 2.45) is 0 Å². The monoisotopic (exact) mass is 318 g/mol. The fourth-order valence-electron chi connectivity index (χ4n) is 3.06. The molecule has 3 rings (SSSR count). The van der Waals surface area contributed by atoms with Crippen molar-refractivity contribution in [3.8, 4) is 0 Å². The fraction of sp³-hybridized carbons (Fsp3) is 0.600. The van der Waals surface area contributed by atoms with Crippen molar-refractivity contribution < 1.29 is 9.32 Å². The maximum absolute atomic E-state index is 12.4. The van der Waals surface area contributed by atoms with E-state index in [0.29, 0.717) is 5.76 Å². The Hall–Kier alpha value is -2.22. The van der Waals surface area contributed by atoms with Gasteiger partial charge in [0.2, 0.25) is 5.82 Å². The summed E-state index contributed by atoms with van der Waals surface area (Å²) in [7, 11) is 0. The van der Waals surface area contributed by atoms with Crippen LogP contribution in [0.2, 0.25) is 0 Å². The second-order valence-corrected chi connectivity index (χ2v) is 5.98. The molecule has 2 atom stereocenters. The topological polar surface area (TPSA) is 97.9 Å². The van der Waals surface area contributed by atoms with E-state index in [1.54, 1.807) is 11.0 Å². The zero-order chi connectivity index (χ0) is 16.4. The molecule has 2 N–H and O–H groups in total. The Morgan fingerprint density at radius 3 is 3.00 bits per heavy atom. The van der Waals surface area contributed by atoms with Gasteiger partial charge in [-0.1, -0.05) is 5.16 Å². The minimum Gasteiger partial charge on any atom is -0.361 e. The van der Waals surface area contributed by atoms with E-state index in [1.807, 2.05) is 20.8 Å². The number of aromatic nitrogens is 4. The molecule has 0 saturated carbocycles. The van der Waals surface area contributed by atoms with E-state index in [4.69, 9.17) is 4.52 Å². The van der Waals surface area contributed by atoms with Crippen LogP contribution in [0.3, 0.4) is 0 Å². The molecule has 8 heteroatoms. The Labute approximate surface area is 134 Å². The average molecular weight is 318 g/mol. The lowest BCUT2D eigenvalue weighted by atomic mass is 10.1. The summed E-state index contributed by atoms with van der Waals surface area (Å²) >= 11 is 0. The number of nitrogens with one attached hydrogen (secondary N) is 2. The predicted molar refractivity (Wildman–Crippen MR) is 83.0 cm³/mol. The molecule has 0 bridgehead atoms. The highest BCUT2D eigenvalue weighted by Gasteiger charge is 2.22. The highest BCUT2D eigenvalue weighted by atomic mass is 16.5. The van der Waals surface area contributed by atoms with Crippen LogP contribution in [0.5, 0.6) is 0 Å². The third-order valence-corrected chi connectivity index (χ3v) is 4.23. The fourth-order valence-corrected chi connectivity index (χ4v) is 3.06. The molecule has 1 aliphatic heterocycles. The molecular weight excluding hydrogens is 296 g/mol. The molecule has 2 unspecified atom stereocenters. The number of amides is 1. The van der Waals surface area contributed by atoms with Crippen LogP contribution in [0.15, 0.2) is 10.9 Å². The molecule has 1 saturated heterocycles. The summed E-state index contributed by atoms with van der Waals surface area (Å²) in [4.78, 5) is 16.5. The van der Waals surface area contributed by atoms with Crippen LogP contribution in [-0.4, -0.2) is 38.9 Å². The van der Waals surface area contributed by atoms with E-state index in [1.165, 1.54) is 0 Å². The second-order valence-electron chi connectivity index (χ2n) is 5.98. The second kappa shape index (κ2) is 6.49. The van der Waals surface area contributed by atoms with Gasteiger partial charge in [-0.05, 0) is 40.2 Å². The first-order chi connectivity index (χ1) is 11.1. The van der Waals surface area contributed by atoms with Gasteiger partial charge in [0.05, 0.1) is 17.8 Å². The molecular formula is C15H22N6O2. The van der Waals surface area contributed by atoms with Gasteiger partial charge in [0.15, 0.2) is 0 Å². The molecule has 23 heavy (non-hydrogen) atoms. The van der Waals surface area contributed by atoms with E-state index < -0.39 is 0 Å². The highest BCUT2D eigenvalue weighted by molar-refractivity contribution is 5.90. The zero-order valence-electron chi connectivity index (χ0n) is 13.7. The van der Waals surface area contributed by atoms with Crippen LogP contribution in [0, 0.1) is 13.8 Å². The van der Waals surface area contributed by atoms with Crippen molar-refractivity contribution in [1.29, 1.82) is 0 Å². The number of piperidine rings is 1.